The number of aliphatic hydroxyl groups is 1. The second kappa shape index (κ2) is 7.30. The first-order valence-corrected chi connectivity index (χ1v) is 8.87. The Kier molecular flexibility index (Phi) is 5.09. The van der Waals surface area contributed by atoms with Crippen LogP contribution in [0.15, 0.2) is 42.6 Å². The van der Waals surface area contributed by atoms with Crippen molar-refractivity contribution >= 4 is 11.6 Å². The van der Waals surface area contributed by atoms with E-state index >= 15 is 0 Å². The number of hydrogen-bond donors (Lipinski definition) is 2. The quantitative estimate of drug-likeness (QED) is 0.739. The van der Waals surface area contributed by atoms with Crippen LogP contribution in [-0.4, -0.2) is 27.0 Å². The fourth-order valence-corrected chi connectivity index (χ4v) is 3.15. The minimum atomic E-state index is -0.454. The highest BCUT2D eigenvalue weighted by molar-refractivity contribution is 6.00. The van der Waals surface area contributed by atoms with Gasteiger partial charge in [-0.25, -0.2) is 4.98 Å². The van der Waals surface area contributed by atoms with Gasteiger partial charge in [0.15, 0.2) is 0 Å². The van der Waals surface area contributed by atoms with Gasteiger partial charge in [0.05, 0.1) is 18.2 Å². The van der Waals surface area contributed by atoms with Crippen molar-refractivity contribution in [3.63, 3.8) is 0 Å². The molecule has 3 aromatic rings. The van der Waals surface area contributed by atoms with Crippen molar-refractivity contribution in [2.75, 3.05) is 6.61 Å². The number of fused-ring (bicyclic) bond motifs is 1. The van der Waals surface area contributed by atoms with Gasteiger partial charge in [0.25, 0.3) is 5.91 Å². The van der Waals surface area contributed by atoms with Crippen molar-refractivity contribution in [3.8, 4) is 0 Å². The predicted molar refractivity (Wildman–Crippen MR) is 102 cm³/mol. The van der Waals surface area contributed by atoms with Crippen LogP contribution in [0.1, 0.15) is 58.7 Å². The molecule has 0 fully saturated rings. The molecule has 136 valence electrons. The summed E-state index contributed by atoms with van der Waals surface area (Å²) in [6, 6.07) is 11.3. The molecule has 0 saturated heterocycles. The number of rotatable bonds is 5. The molecule has 2 heterocycles. The summed E-state index contributed by atoms with van der Waals surface area (Å²) in [5.74, 6) is 0.202. The van der Waals surface area contributed by atoms with E-state index in [1.165, 1.54) is 5.56 Å². The number of carbonyl (C=O) groups excluding carboxylic acids is 1. The van der Waals surface area contributed by atoms with Gasteiger partial charge in [-0.05, 0) is 43.0 Å². The number of aliphatic hydroxyl groups excluding tert-OH is 1. The molecule has 0 bridgehead atoms. The van der Waals surface area contributed by atoms with E-state index in [2.05, 4.69) is 24.1 Å². The number of benzene rings is 1. The molecule has 0 radical (unpaired) electrons. The maximum Gasteiger partial charge on any atom is 0.255 e. The second-order valence-electron chi connectivity index (χ2n) is 6.99. The lowest BCUT2D eigenvalue weighted by molar-refractivity contribution is 0.0918. The maximum atomic E-state index is 12.8. The Bertz CT molecular complexity index is 926. The smallest absolute Gasteiger partial charge is 0.255 e. The molecule has 1 aromatic carbocycles. The van der Waals surface area contributed by atoms with Crippen LogP contribution in [0.4, 0.5) is 0 Å². The number of nitrogens with zero attached hydrogens (tertiary/aromatic N) is 2. The van der Waals surface area contributed by atoms with Gasteiger partial charge in [-0.3, -0.25) is 4.79 Å². The summed E-state index contributed by atoms with van der Waals surface area (Å²) >= 11 is 0. The monoisotopic (exact) mass is 351 g/mol. The number of hydrogen-bond acceptors (Lipinski definition) is 3. The maximum absolute atomic E-state index is 12.8. The zero-order chi connectivity index (χ0) is 18.8. The molecule has 5 heteroatoms. The van der Waals surface area contributed by atoms with Crippen LogP contribution in [0.5, 0.6) is 0 Å². The molecule has 0 saturated carbocycles. The lowest BCUT2D eigenvalue weighted by Gasteiger charge is -2.17. The minimum Gasteiger partial charge on any atom is -0.394 e. The van der Waals surface area contributed by atoms with Gasteiger partial charge in [0.2, 0.25) is 0 Å². The predicted octanol–water partition coefficient (Wildman–Crippen LogP) is 3.54. The Morgan fingerprint density at radius 1 is 1.15 bits per heavy atom. The summed E-state index contributed by atoms with van der Waals surface area (Å²) < 4.78 is 1.90. The molecule has 2 aromatic heterocycles. The summed E-state index contributed by atoms with van der Waals surface area (Å²) in [7, 11) is 0. The molecule has 0 spiro atoms. The summed E-state index contributed by atoms with van der Waals surface area (Å²) in [5, 5.41) is 12.7. The van der Waals surface area contributed by atoms with Gasteiger partial charge in [-0.15, -0.1) is 0 Å². The van der Waals surface area contributed by atoms with Crippen LogP contribution < -0.4 is 5.32 Å². The molecule has 1 atom stereocenters. The van der Waals surface area contributed by atoms with E-state index in [0.29, 0.717) is 17.1 Å². The first kappa shape index (κ1) is 18.1. The summed E-state index contributed by atoms with van der Waals surface area (Å²) in [4.78, 5) is 17.3. The third-order valence-electron chi connectivity index (χ3n) is 4.68. The SMILES string of the molecule is Cc1cc(C)n2ccc(C(=O)NC(CO)c3ccc(C(C)C)cc3)c2n1. The van der Waals surface area contributed by atoms with Crippen molar-refractivity contribution in [1.82, 2.24) is 14.7 Å². The largest absolute Gasteiger partial charge is 0.394 e. The number of amides is 1. The highest BCUT2D eigenvalue weighted by atomic mass is 16.3. The molecule has 2 N–H and O–H groups in total. The zero-order valence-electron chi connectivity index (χ0n) is 15.7. The van der Waals surface area contributed by atoms with Crippen LogP contribution in [-0.2, 0) is 0 Å². The van der Waals surface area contributed by atoms with Crippen molar-refractivity contribution in [3.05, 3.63) is 70.7 Å². The topological polar surface area (TPSA) is 66.6 Å². The Labute approximate surface area is 153 Å². The van der Waals surface area contributed by atoms with E-state index in [4.69, 9.17) is 0 Å². The van der Waals surface area contributed by atoms with Gasteiger partial charge in [0.1, 0.15) is 5.65 Å². The molecule has 1 unspecified atom stereocenters. The van der Waals surface area contributed by atoms with Gasteiger partial charge < -0.3 is 14.8 Å². The number of aromatic nitrogens is 2. The number of carbonyl (C=O) groups is 1. The molecule has 1 amide bonds. The molecule has 3 rings (SSSR count). The van der Waals surface area contributed by atoms with Gasteiger partial charge in [-0.1, -0.05) is 38.1 Å². The molecule has 0 aliphatic rings. The Morgan fingerprint density at radius 2 is 1.81 bits per heavy atom. The molecule has 5 nitrogen and oxygen atoms in total. The first-order valence-electron chi connectivity index (χ1n) is 8.87. The van der Waals surface area contributed by atoms with Crippen molar-refractivity contribution in [2.24, 2.45) is 0 Å². The lowest BCUT2D eigenvalue weighted by Crippen LogP contribution is -2.30. The van der Waals surface area contributed by atoms with E-state index in [9.17, 15) is 9.90 Å². The van der Waals surface area contributed by atoms with E-state index in [-0.39, 0.29) is 12.5 Å². The van der Waals surface area contributed by atoms with Crippen LogP contribution in [0, 0.1) is 13.8 Å². The highest BCUT2D eigenvalue weighted by Crippen LogP contribution is 2.20. The molecule has 0 aliphatic heterocycles. The van der Waals surface area contributed by atoms with Gasteiger partial charge in [0, 0.05) is 17.6 Å². The van der Waals surface area contributed by atoms with E-state index in [1.807, 2.05) is 54.8 Å². The van der Waals surface area contributed by atoms with Crippen molar-refractivity contribution < 1.29 is 9.90 Å². The highest BCUT2D eigenvalue weighted by Gasteiger charge is 2.19. The van der Waals surface area contributed by atoms with E-state index in [1.54, 1.807) is 6.07 Å². The zero-order valence-corrected chi connectivity index (χ0v) is 15.7. The first-order chi connectivity index (χ1) is 12.4. The van der Waals surface area contributed by atoms with Crippen LogP contribution >= 0.6 is 0 Å². The lowest BCUT2D eigenvalue weighted by atomic mass is 9.99. The fraction of sp³-hybridized carbons (Fsp3) is 0.333. The van der Waals surface area contributed by atoms with Crippen LogP contribution in [0.3, 0.4) is 0 Å². The summed E-state index contributed by atoms with van der Waals surface area (Å²) in [6.07, 6.45) is 1.84. The van der Waals surface area contributed by atoms with Crippen molar-refractivity contribution in [1.29, 1.82) is 0 Å². The average Bonchev–Trinajstić information content (AvgIpc) is 3.03. The number of aryl methyl sites for hydroxylation is 2. The minimum absolute atomic E-state index is 0.163. The third-order valence-corrected chi connectivity index (χ3v) is 4.68. The Balaban J connectivity index is 1.86. The summed E-state index contributed by atoms with van der Waals surface area (Å²) in [6.45, 7) is 8.00. The Morgan fingerprint density at radius 3 is 2.42 bits per heavy atom. The average molecular weight is 351 g/mol. The molecule has 26 heavy (non-hydrogen) atoms. The molecular weight excluding hydrogens is 326 g/mol. The normalized spacial score (nSPS) is 12.5. The third kappa shape index (κ3) is 3.48. The molecular formula is C21H25N3O2. The van der Waals surface area contributed by atoms with Gasteiger partial charge in [-0.2, -0.15) is 0 Å². The van der Waals surface area contributed by atoms with Gasteiger partial charge >= 0.3 is 0 Å². The second-order valence-corrected chi connectivity index (χ2v) is 6.99. The van der Waals surface area contributed by atoms with E-state index < -0.39 is 6.04 Å². The van der Waals surface area contributed by atoms with Crippen LogP contribution in [0.2, 0.25) is 0 Å². The summed E-state index contributed by atoms with van der Waals surface area (Å²) in [5.41, 5.74) is 5.14. The standard InChI is InChI=1S/C21H25N3O2/c1-13(2)16-5-7-17(8-6-16)19(12-25)23-21(26)18-9-10-24-15(4)11-14(3)22-20(18)24/h5-11,13,19,25H,12H2,1-4H3,(H,23,26). The number of nitrogens with one attached hydrogen (secondary N) is 1. The Hall–Kier alpha value is -2.66. The molecule has 0 aliphatic carbocycles. The van der Waals surface area contributed by atoms with Crippen molar-refractivity contribution in [2.45, 2.75) is 39.7 Å². The fourth-order valence-electron chi connectivity index (χ4n) is 3.15. The van der Waals surface area contributed by atoms with E-state index in [0.717, 1.165) is 17.0 Å². The van der Waals surface area contributed by atoms with Crippen LogP contribution in [0.25, 0.3) is 5.65 Å².